The summed E-state index contributed by atoms with van der Waals surface area (Å²) in [5.41, 5.74) is 5.83. The van der Waals surface area contributed by atoms with Crippen LogP contribution in [0.25, 0.3) is 10.8 Å². The number of halogens is 2. The van der Waals surface area contributed by atoms with Crippen LogP contribution in [0.5, 0.6) is 5.75 Å². The lowest BCUT2D eigenvalue weighted by Gasteiger charge is -2.13. The first-order valence-electron chi connectivity index (χ1n) is 5.33. The Hall–Kier alpha value is -1.68. The first-order chi connectivity index (χ1) is 8.09. The maximum absolute atomic E-state index is 12.4. The molecule has 3 N–H and O–H groups in total. The molecule has 17 heavy (non-hydrogen) atoms. The summed E-state index contributed by atoms with van der Waals surface area (Å²) in [5, 5.41) is 11.4. The summed E-state index contributed by atoms with van der Waals surface area (Å²) in [6.45, 7) is 0. The van der Waals surface area contributed by atoms with E-state index in [4.69, 9.17) is 5.73 Å². The molecule has 0 fully saturated rings. The van der Waals surface area contributed by atoms with Crippen molar-refractivity contribution in [1.82, 2.24) is 0 Å². The average molecular weight is 237 g/mol. The topological polar surface area (TPSA) is 46.2 Å². The van der Waals surface area contributed by atoms with E-state index >= 15 is 0 Å². The van der Waals surface area contributed by atoms with Gasteiger partial charge in [0.15, 0.2) is 0 Å². The lowest BCUT2D eigenvalue weighted by Crippen LogP contribution is -2.31. The highest BCUT2D eigenvalue weighted by Crippen LogP contribution is 2.28. The van der Waals surface area contributed by atoms with Crippen LogP contribution < -0.4 is 5.73 Å². The zero-order valence-electron chi connectivity index (χ0n) is 9.11. The van der Waals surface area contributed by atoms with Gasteiger partial charge in [0.2, 0.25) is 0 Å². The van der Waals surface area contributed by atoms with E-state index in [2.05, 4.69) is 0 Å². The first kappa shape index (κ1) is 11.8. The smallest absolute Gasteiger partial charge is 0.253 e. The summed E-state index contributed by atoms with van der Waals surface area (Å²) in [4.78, 5) is 0. The molecular formula is C13H13F2NO. The van der Waals surface area contributed by atoms with Gasteiger partial charge in [-0.05, 0) is 23.3 Å². The van der Waals surface area contributed by atoms with E-state index in [-0.39, 0.29) is 12.2 Å². The van der Waals surface area contributed by atoms with Crippen LogP contribution in [0.4, 0.5) is 8.78 Å². The zero-order chi connectivity index (χ0) is 12.4. The molecule has 0 saturated heterocycles. The number of aromatic hydroxyl groups is 1. The first-order valence-corrected chi connectivity index (χ1v) is 5.33. The lowest BCUT2D eigenvalue weighted by atomic mass is 9.98. The van der Waals surface area contributed by atoms with Crippen molar-refractivity contribution >= 4 is 10.8 Å². The molecule has 0 aliphatic heterocycles. The number of hydrogen-bond acceptors (Lipinski definition) is 2. The van der Waals surface area contributed by atoms with Gasteiger partial charge in [-0.1, -0.05) is 30.3 Å². The molecule has 2 nitrogen and oxygen atoms in total. The molecule has 0 bridgehead atoms. The Morgan fingerprint density at radius 2 is 1.82 bits per heavy atom. The molecule has 0 aliphatic carbocycles. The highest BCUT2D eigenvalue weighted by molar-refractivity contribution is 5.87. The van der Waals surface area contributed by atoms with Crippen LogP contribution >= 0.6 is 0 Å². The molecule has 0 radical (unpaired) electrons. The summed E-state index contributed by atoms with van der Waals surface area (Å²) in [6, 6.07) is 9.33. The van der Waals surface area contributed by atoms with Gasteiger partial charge in [-0.2, -0.15) is 0 Å². The van der Waals surface area contributed by atoms with Gasteiger partial charge in [-0.15, -0.1) is 0 Å². The molecule has 0 aromatic heterocycles. The van der Waals surface area contributed by atoms with Crippen LogP contribution in [-0.4, -0.2) is 17.6 Å². The SMILES string of the molecule is NC(Cc1c(O)ccc2ccccc12)C(F)F. The largest absolute Gasteiger partial charge is 0.508 e. The Morgan fingerprint density at radius 1 is 1.12 bits per heavy atom. The normalized spacial score (nSPS) is 13.2. The molecule has 2 aromatic carbocycles. The third-order valence-corrected chi connectivity index (χ3v) is 2.78. The number of hydrogen-bond donors (Lipinski definition) is 2. The molecule has 0 aliphatic rings. The maximum atomic E-state index is 12.4. The summed E-state index contributed by atoms with van der Waals surface area (Å²) in [7, 11) is 0. The fourth-order valence-corrected chi connectivity index (χ4v) is 1.86. The molecule has 2 rings (SSSR count). The Morgan fingerprint density at radius 3 is 2.53 bits per heavy atom. The number of alkyl halides is 2. The molecule has 0 spiro atoms. The second-order valence-corrected chi connectivity index (χ2v) is 3.99. The van der Waals surface area contributed by atoms with Crippen molar-refractivity contribution in [3.63, 3.8) is 0 Å². The van der Waals surface area contributed by atoms with Gasteiger partial charge in [0.1, 0.15) is 5.75 Å². The number of phenolic OH excluding ortho intramolecular Hbond substituents is 1. The monoisotopic (exact) mass is 237 g/mol. The van der Waals surface area contributed by atoms with Crippen molar-refractivity contribution in [1.29, 1.82) is 0 Å². The molecule has 1 atom stereocenters. The van der Waals surface area contributed by atoms with E-state index in [0.29, 0.717) is 5.56 Å². The average Bonchev–Trinajstić information content (AvgIpc) is 2.32. The van der Waals surface area contributed by atoms with Crippen LogP contribution in [0.3, 0.4) is 0 Å². The summed E-state index contributed by atoms with van der Waals surface area (Å²) < 4.78 is 24.9. The highest BCUT2D eigenvalue weighted by Gasteiger charge is 2.18. The molecule has 0 heterocycles. The summed E-state index contributed by atoms with van der Waals surface area (Å²) in [6.07, 6.45) is -2.63. The maximum Gasteiger partial charge on any atom is 0.253 e. The molecule has 0 amide bonds. The number of benzene rings is 2. The molecule has 0 saturated carbocycles. The van der Waals surface area contributed by atoms with E-state index in [9.17, 15) is 13.9 Å². The zero-order valence-corrected chi connectivity index (χ0v) is 9.11. The van der Waals surface area contributed by atoms with Gasteiger partial charge in [0.25, 0.3) is 6.43 Å². The van der Waals surface area contributed by atoms with Crippen LogP contribution in [-0.2, 0) is 6.42 Å². The second-order valence-electron chi connectivity index (χ2n) is 3.99. The van der Waals surface area contributed by atoms with Gasteiger partial charge >= 0.3 is 0 Å². The van der Waals surface area contributed by atoms with Crippen molar-refractivity contribution in [2.24, 2.45) is 5.73 Å². The quantitative estimate of drug-likeness (QED) is 0.862. The molecule has 4 heteroatoms. The van der Waals surface area contributed by atoms with Crippen LogP contribution in [0.15, 0.2) is 36.4 Å². The molecular weight excluding hydrogens is 224 g/mol. The van der Waals surface area contributed by atoms with Crippen LogP contribution in [0, 0.1) is 0 Å². The number of fused-ring (bicyclic) bond motifs is 1. The standard InChI is InChI=1S/C13H13F2NO/c14-13(15)11(16)7-10-9-4-2-1-3-8(9)5-6-12(10)17/h1-6,11,13,17H,7,16H2. The molecule has 1 unspecified atom stereocenters. The van der Waals surface area contributed by atoms with Crippen molar-refractivity contribution < 1.29 is 13.9 Å². The Kier molecular flexibility index (Phi) is 3.24. The van der Waals surface area contributed by atoms with E-state index in [1.807, 2.05) is 12.1 Å². The Balaban J connectivity index is 2.48. The summed E-state index contributed by atoms with van der Waals surface area (Å²) >= 11 is 0. The summed E-state index contributed by atoms with van der Waals surface area (Å²) in [5.74, 6) is 0.0137. The minimum absolute atomic E-state index is 0.0137. The fraction of sp³-hybridized carbons (Fsp3) is 0.231. The van der Waals surface area contributed by atoms with Crippen LogP contribution in [0.2, 0.25) is 0 Å². The second kappa shape index (κ2) is 4.67. The van der Waals surface area contributed by atoms with Crippen molar-refractivity contribution in [3.8, 4) is 5.75 Å². The molecule has 90 valence electrons. The lowest BCUT2D eigenvalue weighted by molar-refractivity contribution is 0.116. The predicted molar refractivity (Wildman–Crippen MR) is 63.3 cm³/mol. The Bertz CT molecular complexity index is 528. The van der Waals surface area contributed by atoms with Gasteiger partial charge in [-0.3, -0.25) is 0 Å². The third-order valence-electron chi connectivity index (χ3n) is 2.78. The van der Waals surface area contributed by atoms with Crippen molar-refractivity contribution in [2.75, 3.05) is 0 Å². The van der Waals surface area contributed by atoms with Crippen molar-refractivity contribution in [2.45, 2.75) is 18.9 Å². The van der Waals surface area contributed by atoms with E-state index in [1.54, 1.807) is 18.2 Å². The predicted octanol–water partition coefficient (Wildman–Crippen LogP) is 2.68. The van der Waals surface area contributed by atoms with Gasteiger partial charge in [-0.25, -0.2) is 8.78 Å². The van der Waals surface area contributed by atoms with E-state index in [1.165, 1.54) is 6.07 Å². The van der Waals surface area contributed by atoms with Crippen LogP contribution in [0.1, 0.15) is 5.56 Å². The van der Waals surface area contributed by atoms with Gasteiger partial charge < -0.3 is 10.8 Å². The van der Waals surface area contributed by atoms with Gasteiger partial charge in [0.05, 0.1) is 6.04 Å². The fourth-order valence-electron chi connectivity index (χ4n) is 1.86. The minimum Gasteiger partial charge on any atom is -0.508 e. The van der Waals surface area contributed by atoms with E-state index < -0.39 is 12.5 Å². The number of rotatable bonds is 3. The Labute approximate surface area is 97.7 Å². The van der Waals surface area contributed by atoms with Crippen molar-refractivity contribution in [3.05, 3.63) is 42.0 Å². The third kappa shape index (κ3) is 2.36. The highest BCUT2D eigenvalue weighted by atomic mass is 19.3. The van der Waals surface area contributed by atoms with E-state index in [0.717, 1.165) is 10.8 Å². The number of nitrogens with two attached hydrogens (primary N) is 1. The van der Waals surface area contributed by atoms with Gasteiger partial charge in [0, 0.05) is 5.56 Å². The number of phenols is 1. The minimum atomic E-state index is -2.59. The molecule has 2 aromatic rings.